The highest BCUT2D eigenvalue weighted by Gasteiger charge is 2.17. The molecule has 0 aliphatic carbocycles. The maximum absolute atomic E-state index is 12.3. The number of esters is 1. The van der Waals surface area contributed by atoms with Gasteiger partial charge in [0.05, 0.1) is 13.7 Å². The Morgan fingerprint density at radius 2 is 1.52 bits per heavy atom. The maximum atomic E-state index is 12.3. The third-order valence-corrected chi connectivity index (χ3v) is 3.73. The Bertz CT molecular complexity index is 558. The lowest BCUT2D eigenvalue weighted by molar-refractivity contribution is -0.152. The van der Waals surface area contributed by atoms with Crippen LogP contribution in [0.1, 0.15) is 40.5 Å². The van der Waals surface area contributed by atoms with Gasteiger partial charge in [-0.2, -0.15) is 0 Å². The van der Waals surface area contributed by atoms with Crippen LogP contribution in [0.25, 0.3) is 0 Å². The van der Waals surface area contributed by atoms with Crippen molar-refractivity contribution in [2.45, 2.75) is 40.5 Å². The molecule has 0 atom stereocenters. The van der Waals surface area contributed by atoms with Crippen LogP contribution >= 0.6 is 0 Å². The predicted octanol–water partition coefficient (Wildman–Crippen LogP) is 3.54. The number of nitrogens with zero attached hydrogens (tertiary/aromatic N) is 1. The minimum atomic E-state index is -0.379. The zero-order chi connectivity index (χ0) is 20.2. The summed E-state index contributed by atoms with van der Waals surface area (Å²) in [6.45, 7) is 9.81. The van der Waals surface area contributed by atoms with Crippen molar-refractivity contribution in [2.24, 2.45) is 11.8 Å². The van der Waals surface area contributed by atoms with E-state index in [1.54, 1.807) is 12.0 Å². The van der Waals surface area contributed by atoms with Gasteiger partial charge in [-0.1, -0.05) is 27.7 Å². The molecule has 0 aromatic heterocycles. The predicted molar refractivity (Wildman–Crippen MR) is 105 cm³/mol. The maximum Gasteiger partial charge on any atom is 0.306 e. The first-order chi connectivity index (χ1) is 12.8. The molecule has 0 spiro atoms. The fourth-order valence-electron chi connectivity index (χ4n) is 2.54. The summed E-state index contributed by atoms with van der Waals surface area (Å²) in [6.07, 6.45) is 0.749. The van der Waals surface area contributed by atoms with Crippen molar-refractivity contribution in [3.05, 3.63) is 24.3 Å². The first kappa shape index (κ1) is 22.8. The average molecular weight is 379 g/mol. The Kier molecular flexibility index (Phi) is 10.3. The van der Waals surface area contributed by atoms with E-state index in [4.69, 9.17) is 14.2 Å². The number of amides is 1. The SMILES string of the molecule is COc1ccc(OCCCC(=O)OCC(=O)N(CC(C)C)CC(C)C)cc1. The Morgan fingerprint density at radius 1 is 0.963 bits per heavy atom. The Labute approximate surface area is 162 Å². The van der Waals surface area contributed by atoms with E-state index >= 15 is 0 Å². The first-order valence-corrected chi connectivity index (χ1v) is 9.52. The zero-order valence-electron chi connectivity index (χ0n) is 17.2. The van der Waals surface area contributed by atoms with Gasteiger partial charge in [0.15, 0.2) is 6.61 Å². The molecule has 152 valence electrons. The molecule has 0 heterocycles. The number of methoxy groups -OCH3 is 1. The lowest BCUT2D eigenvalue weighted by atomic mass is 10.1. The van der Waals surface area contributed by atoms with E-state index in [1.165, 1.54) is 0 Å². The summed E-state index contributed by atoms with van der Waals surface area (Å²) >= 11 is 0. The molecule has 1 rings (SSSR count). The van der Waals surface area contributed by atoms with Gasteiger partial charge in [-0.25, -0.2) is 0 Å². The highest BCUT2D eigenvalue weighted by atomic mass is 16.5. The summed E-state index contributed by atoms with van der Waals surface area (Å²) in [5, 5.41) is 0. The molecule has 0 bridgehead atoms. The molecule has 0 N–H and O–H groups in total. The average Bonchev–Trinajstić information content (AvgIpc) is 2.62. The normalized spacial score (nSPS) is 10.8. The van der Waals surface area contributed by atoms with Crippen molar-refractivity contribution >= 4 is 11.9 Å². The Hall–Kier alpha value is -2.24. The first-order valence-electron chi connectivity index (χ1n) is 9.52. The molecule has 6 nitrogen and oxygen atoms in total. The van der Waals surface area contributed by atoms with Gasteiger partial charge < -0.3 is 19.1 Å². The zero-order valence-corrected chi connectivity index (χ0v) is 17.2. The van der Waals surface area contributed by atoms with Crippen LogP contribution in [0.15, 0.2) is 24.3 Å². The molecule has 27 heavy (non-hydrogen) atoms. The van der Waals surface area contributed by atoms with Gasteiger partial charge in [0.25, 0.3) is 5.91 Å². The molecule has 0 saturated carbocycles. The van der Waals surface area contributed by atoms with Gasteiger partial charge in [0.1, 0.15) is 11.5 Å². The number of hydrogen-bond acceptors (Lipinski definition) is 5. The molecule has 0 radical (unpaired) electrons. The number of carbonyl (C=O) groups excluding carboxylic acids is 2. The molecule has 0 fully saturated rings. The van der Waals surface area contributed by atoms with Crippen LogP contribution < -0.4 is 9.47 Å². The second-order valence-corrected chi connectivity index (χ2v) is 7.37. The molecular weight excluding hydrogens is 346 g/mol. The van der Waals surface area contributed by atoms with Crippen molar-refractivity contribution in [1.82, 2.24) is 4.90 Å². The summed E-state index contributed by atoms with van der Waals surface area (Å²) in [7, 11) is 1.61. The summed E-state index contributed by atoms with van der Waals surface area (Å²) in [5.41, 5.74) is 0. The summed E-state index contributed by atoms with van der Waals surface area (Å²) < 4.78 is 15.8. The summed E-state index contributed by atoms with van der Waals surface area (Å²) in [6, 6.07) is 7.26. The van der Waals surface area contributed by atoms with Gasteiger partial charge in [-0.15, -0.1) is 0 Å². The Morgan fingerprint density at radius 3 is 2.04 bits per heavy atom. The third-order valence-electron chi connectivity index (χ3n) is 3.73. The van der Waals surface area contributed by atoms with E-state index in [-0.39, 0.29) is 24.9 Å². The quantitative estimate of drug-likeness (QED) is 0.410. The molecule has 0 aliphatic rings. The van der Waals surface area contributed by atoms with Crippen LogP contribution in [0.4, 0.5) is 0 Å². The second kappa shape index (κ2) is 12.2. The van der Waals surface area contributed by atoms with Crippen molar-refractivity contribution in [3.63, 3.8) is 0 Å². The minimum absolute atomic E-state index is 0.139. The van der Waals surface area contributed by atoms with Crippen LogP contribution in [0.3, 0.4) is 0 Å². The largest absolute Gasteiger partial charge is 0.497 e. The molecule has 6 heteroatoms. The highest BCUT2D eigenvalue weighted by molar-refractivity contribution is 5.80. The molecule has 0 saturated heterocycles. The third kappa shape index (κ3) is 9.87. The van der Waals surface area contributed by atoms with Crippen molar-refractivity contribution in [3.8, 4) is 11.5 Å². The fourth-order valence-corrected chi connectivity index (χ4v) is 2.54. The summed E-state index contributed by atoms with van der Waals surface area (Å²) in [5.74, 6) is 1.71. The van der Waals surface area contributed by atoms with Crippen LogP contribution in [-0.4, -0.2) is 50.2 Å². The van der Waals surface area contributed by atoms with Crippen LogP contribution in [0.5, 0.6) is 11.5 Å². The fraction of sp³-hybridized carbons (Fsp3) is 0.619. The van der Waals surface area contributed by atoms with E-state index in [1.807, 2.05) is 24.3 Å². The number of benzene rings is 1. The van der Waals surface area contributed by atoms with E-state index in [2.05, 4.69) is 27.7 Å². The van der Waals surface area contributed by atoms with Gasteiger partial charge in [0, 0.05) is 19.5 Å². The minimum Gasteiger partial charge on any atom is -0.497 e. The van der Waals surface area contributed by atoms with Crippen molar-refractivity contribution in [2.75, 3.05) is 33.4 Å². The van der Waals surface area contributed by atoms with Crippen molar-refractivity contribution < 1.29 is 23.8 Å². The van der Waals surface area contributed by atoms with Crippen LogP contribution in [0.2, 0.25) is 0 Å². The number of hydrogen-bond donors (Lipinski definition) is 0. The van der Waals surface area contributed by atoms with E-state index in [0.29, 0.717) is 38.0 Å². The van der Waals surface area contributed by atoms with Gasteiger partial charge in [0.2, 0.25) is 0 Å². The standard InChI is InChI=1S/C21H33NO5/c1-16(2)13-22(14-17(3)4)20(23)15-27-21(24)7-6-12-26-19-10-8-18(25-5)9-11-19/h8-11,16-17H,6-7,12-15H2,1-5H3. The monoisotopic (exact) mass is 379 g/mol. The topological polar surface area (TPSA) is 65.1 Å². The smallest absolute Gasteiger partial charge is 0.306 e. The molecular formula is C21H33NO5. The molecule has 1 amide bonds. The Balaban J connectivity index is 2.27. The number of ether oxygens (including phenoxy) is 3. The lowest BCUT2D eigenvalue weighted by Gasteiger charge is -2.26. The van der Waals surface area contributed by atoms with Crippen LogP contribution in [0, 0.1) is 11.8 Å². The number of rotatable bonds is 12. The molecule has 1 aromatic rings. The highest BCUT2D eigenvalue weighted by Crippen LogP contribution is 2.17. The van der Waals surface area contributed by atoms with E-state index < -0.39 is 0 Å². The second-order valence-electron chi connectivity index (χ2n) is 7.37. The van der Waals surface area contributed by atoms with Gasteiger partial charge in [-0.05, 0) is 42.5 Å². The van der Waals surface area contributed by atoms with Gasteiger partial charge >= 0.3 is 5.97 Å². The van der Waals surface area contributed by atoms with Crippen molar-refractivity contribution in [1.29, 1.82) is 0 Å². The molecule has 1 aromatic carbocycles. The van der Waals surface area contributed by atoms with Crippen LogP contribution in [-0.2, 0) is 14.3 Å². The van der Waals surface area contributed by atoms with E-state index in [0.717, 1.165) is 11.5 Å². The number of carbonyl (C=O) groups is 2. The lowest BCUT2D eigenvalue weighted by Crippen LogP contribution is -2.39. The summed E-state index contributed by atoms with van der Waals surface area (Å²) in [4.78, 5) is 25.9. The molecule has 0 aliphatic heterocycles. The van der Waals surface area contributed by atoms with Gasteiger partial charge in [-0.3, -0.25) is 9.59 Å². The van der Waals surface area contributed by atoms with E-state index in [9.17, 15) is 9.59 Å². The molecule has 0 unspecified atom stereocenters.